The molecule has 1 N–H and O–H groups in total. The third-order valence-corrected chi connectivity index (χ3v) is 3.78. The van der Waals surface area contributed by atoms with Gasteiger partial charge in [0.15, 0.2) is 5.16 Å². The Kier molecular flexibility index (Phi) is 3.07. The number of aromatic carboxylic acids is 1. The van der Waals surface area contributed by atoms with Crippen molar-refractivity contribution in [3.8, 4) is 0 Å². The molecule has 20 heavy (non-hydrogen) atoms. The molecule has 8 heteroatoms. The van der Waals surface area contributed by atoms with Crippen LogP contribution in [0.3, 0.4) is 0 Å². The van der Waals surface area contributed by atoms with Crippen LogP contribution in [0.5, 0.6) is 0 Å². The molecule has 0 fully saturated rings. The fourth-order valence-electron chi connectivity index (χ4n) is 1.71. The summed E-state index contributed by atoms with van der Waals surface area (Å²) in [5.41, 5.74) is 0.787. The first-order valence-corrected chi connectivity index (χ1v) is 6.46. The van der Waals surface area contributed by atoms with Crippen molar-refractivity contribution >= 4 is 28.6 Å². The zero-order valence-electron chi connectivity index (χ0n) is 10.4. The highest BCUT2D eigenvalue weighted by Crippen LogP contribution is 2.29. The molecule has 2 heterocycles. The molecule has 0 unspecified atom stereocenters. The lowest BCUT2D eigenvalue weighted by molar-refractivity contribution is 0.0697. The second kappa shape index (κ2) is 4.89. The average molecular weight is 287 g/mol. The van der Waals surface area contributed by atoms with Gasteiger partial charge in [0.05, 0.1) is 11.1 Å². The van der Waals surface area contributed by atoms with Gasteiger partial charge in [-0.3, -0.25) is 0 Å². The van der Waals surface area contributed by atoms with Crippen LogP contribution in [0.25, 0.3) is 10.9 Å². The van der Waals surface area contributed by atoms with Gasteiger partial charge in [0.1, 0.15) is 17.7 Å². The van der Waals surface area contributed by atoms with E-state index in [9.17, 15) is 4.79 Å². The third kappa shape index (κ3) is 2.21. The maximum absolute atomic E-state index is 11.0. The number of hydrogen-bond donors (Lipinski definition) is 1. The topological polar surface area (TPSA) is 93.8 Å². The SMILES string of the molecule is Cn1ncnc1Sc1ncnc2cc(C(=O)O)ccc12. The lowest BCUT2D eigenvalue weighted by atomic mass is 10.1. The van der Waals surface area contributed by atoms with E-state index in [0.717, 1.165) is 5.39 Å². The summed E-state index contributed by atoms with van der Waals surface area (Å²) in [4.78, 5) is 23.4. The standard InChI is InChI=1S/C12H9N5O2S/c1-17-12(15-6-16-17)20-10-8-3-2-7(11(18)19)4-9(8)13-5-14-10/h2-6H,1H3,(H,18,19). The molecule has 1 aromatic carbocycles. The van der Waals surface area contributed by atoms with Gasteiger partial charge in [-0.05, 0) is 30.0 Å². The van der Waals surface area contributed by atoms with Crippen LogP contribution >= 0.6 is 11.8 Å². The van der Waals surface area contributed by atoms with Crippen LogP contribution in [0.15, 0.2) is 41.0 Å². The van der Waals surface area contributed by atoms with Gasteiger partial charge in [0.2, 0.25) is 0 Å². The van der Waals surface area contributed by atoms with Crippen LogP contribution in [-0.4, -0.2) is 35.8 Å². The first-order valence-electron chi connectivity index (χ1n) is 5.65. The van der Waals surface area contributed by atoms with Crippen LogP contribution in [0, 0.1) is 0 Å². The van der Waals surface area contributed by atoms with E-state index >= 15 is 0 Å². The smallest absolute Gasteiger partial charge is 0.335 e. The zero-order chi connectivity index (χ0) is 14.1. The molecular formula is C12H9N5O2S. The Bertz CT molecular complexity index is 801. The van der Waals surface area contributed by atoms with Crippen molar-refractivity contribution in [1.82, 2.24) is 24.7 Å². The minimum absolute atomic E-state index is 0.200. The Morgan fingerprint density at radius 1 is 1.25 bits per heavy atom. The maximum atomic E-state index is 11.0. The van der Waals surface area contributed by atoms with Crippen LogP contribution < -0.4 is 0 Å². The molecule has 0 saturated carbocycles. The normalized spacial score (nSPS) is 10.8. The molecule has 3 rings (SSSR count). The van der Waals surface area contributed by atoms with Crippen molar-refractivity contribution in [2.45, 2.75) is 10.2 Å². The van der Waals surface area contributed by atoms with E-state index in [1.807, 2.05) is 0 Å². The summed E-state index contributed by atoms with van der Waals surface area (Å²) in [5.74, 6) is -0.979. The predicted octanol–water partition coefficient (Wildman–Crippen LogP) is 1.61. The molecule has 0 atom stereocenters. The molecule has 0 aliphatic heterocycles. The van der Waals surface area contributed by atoms with Crippen LogP contribution in [0.4, 0.5) is 0 Å². The summed E-state index contributed by atoms with van der Waals surface area (Å²) in [7, 11) is 1.79. The molecule has 0 aliphatic carbocycles. The van der Waals surface area contributed by atoms with Crippen molar-refractivity contribution in [2.75, 3.05) is 0 Å². The van der Waals surface area contributed by atoms with Gasteiger partial charge in [-0.1, -0.05) is 0 Å². The number of nitrogens with zero attached hydrogens (tertiary/aromatic N) is 5. The second-order valence-corrected chi connectivity index (χ2v) is 4.94. The fraction of sp³-hybridized carbons (Fsp3) is 0.0833. The number of rotatable bonds is 3. The minimum Gasteiger partial charge on any atom is -0.478 e. The highest BCUT2D eigenvalue weighted by atomic mass is 32.2. The number of aromatic nitrogens is 5. The summed E-state index contributed by atoms with van der Waals surface area (Å²) in [6, 6.07) is 4.77. The van der Waals surface area contributed by atoms with Gasteiger partial charge in [-0.15, -0.1) is 0 Å². The quantitative estimate of drug-likeness (QED) is 0.731. The summed E-state index contributed by atoms with van der Waals surface area (Å²) in [6.45, 7) is 0. The van der Waals surface area contributed by atoms with Gasteiger partial charge < -0.3 is 5.11 Å². The molecule has 100 valence electrons. The van der Waals surface area contributed by atoms with E-state index in [1.165, 1.54) is 36.5 Å². The molecule has 0 radical (unpaired) electrons. The highest BCUT2D eigenvalue weighted by molar-refractivity contribution is 7.99. The number of carboxylic acid groups (broad SMARTS) is 1. The summed E-state index contributed by atoms with van der Waals surface area (Å²) in [6.07, 6.45) is 2.88. The van der Waals surface area contributed by atoms with Crippen molar-refractivity contribution < 1.29 is 9.90 Å². The lowest BCUT2D eigenvalue weighted by Gasteiger charge is -2.04. The van der Waals surface area contributed by atoms with Crippen molar-refractivity contribution in [2.24, 2.45) is 7.05 Å². The molecule has 0 amide bonds. The van der Waals surface area contributed by atoms with E-state index in [4.69, 9.17) is 5.11 Å². The summed E-state index contributed by atoms with van der Waals surface area (Å²) >= 11 is 1.36. The molecule has 3 aromatic rings. The Morgan fingerprint density at radius 3 is 2.80 bits per heavy atom. The number of aryl methyl sites for hydroxylation is 1. The van der Waals surface area contributed by atoms with Gasteiger partial charge in [-0.25, -0.2) is 24.4 Å². The van der Waals surface area contributed by atoms with E-state index in [1.54, 1.807) is 17.8 Å². The Labute approximate surface area is 117 Å². The maximum Gasteiger partial charge on any atom is 0.335 e. The molecule has 0 spiro atoms. The molecular weight excluding hydrogens is 278 g/mol. The van der Waals surface area contributed by atoms with Crippen LogP contribution in [-0.2, 0) is 7.05 Å². The summed E-state index contributed by atoms with van der Waals surface area (Å²) in [5, 5.41) is 15.2. The number of hydrogen-bond acceptors (Lipinski definition) is 6. The molecule has 0 saturated heterocycles. The molecule has 7 nitrogen and oxygen atoms in total. The van der Waals surface area contributed by atoms with E-state index in [2.05, 4.69) is 20.1 Å². The average Bonchev–Trinajstić information content (AvgIpc) is 2.84. The van der Waals surface area contributed by atoms with Crippen LogP contribution in [0.2, 0.25) is 0 Å². The number of carbonyl (C=O) groups is 1. The fourth-order valence-corrected chi connectivity index (χ4v) is 2.55. The van der Waals surface area contributed by atoms with Crippen LogP contribution in [0.1, 0.15) is 10.4 Å². The van der Waals surface area contributed by atoms with E-state index in [0.29, 0.717) is 15.7 Å². The van der Waals surface area contributed by atoms with Crippen molar-refractivity contribution in [1.29, 1.82) is 0 Å². The van der Waals surface area contributed by atoms with Gasteiger partial charge in [-0.2, -0.15) is 5.10 Å². The first kappa shape index (κ1) is 12.5. The van der Waals surface area contributed by atoms with Gasteiger partial charge in [0, 0.05) is 12.4 Å². The molecule has 0 aliphatic rings. The Morgan fingerprint density at radius 2 is 2.10 bits per heavy atom. The third-order valence-electron chi connectivity index (χ3n) is 2.70. The number of carboxylic acids is 1. The predicted molar refractivity (Wildman–Crippen MR) is 71.6 cm³/mol. The highest BCUT2D eigenvalue weighted by Gasteiger charge is 2.11. The monoisotopic (exact) mass is 287 g/mol. The van der Waals surface area contributed by atoms with Gasteiger partial charge in [0.25, 0.3) is 0 Å². The summed E-state index contributed by atoms with van der Waals surface area (Å²) < 4.78 is 1.64. The Hall–Kier alpha value is -2.48. The Balaban J connectivity index is 2.08. The van der Waals surface area contributed by atoms with E-state index in [-0.39, 0.29) is 5.56 Å². The first-order chi connectivity index (χ1) is 9.65. The zero-order valence-corrected chi connectivity index (χ0v) is 11.2. The largest absolute Gasteiger partial charge is 0.478 e. The lowest BCUT2D eigenvalue weighted by Crippen LogP contribution is -1.97. The van der Waals surface area contributed by atoms with Crippen molar-refractivity contribution in [3.63, 3.8) is 0 Å². The minimum atomic E-state index is -0.979. The second-order valence-electron chi connectivity index (χ2n) is 3.98. The van der Waals surface area contributed by atoms with Gasteiger partial charge >= 0.3 is 5.97 Å². The number of benzene rings is 1. The number of fused-ring (bicyclic) bond motifs is 1. The van der Waals surface area contributed by atoms with E-state index < -0.39 is 5.97 Å². The molecule has 0 bridgehead atoms. The van der Waals surface area contributed by atoms with Crippen molar-refractivity contribution in [3.05, 3.63) is 36.4 Å². The molecule has 2 aromatic heterocycles.